The Balaban J connectivity index is 0.00000312. The normalized spacial score (nSPS) is 22.3. The summed E-state index contributed by atoms with van der Waals surface area (Å²) >= 11 is 0. The number of guanidine groups is 1. The zero-order chi connectivity index (χ0) is 17.2. The van der Waals surface area contributed by atoms with Crippen LogP contribution in [-0.2, 0) is 9.47 Å². The van der Waals surface area contributed by atoms with Crippen LogP contribution >= 0.6 is 24.0 Å². The molecule has 0 saturated carbocycles. The molecule has 0 bridgehead atoms. The van der Waals surface area contributed by atoms with Crippen LogP contribution in [0.25, 0.3) is 0 Å². The van der Waals surface area contributed by atoms with Gasteiger partial charge in [0.1, 0.15) is 0 Å². The van der Waals surface area contributed by atoms with E-state index in [9.17, 15) is 0 Å². The van der Waals surface area contributed by atoms with Crippen LogP contribution in [0, 0.1) is 5.92 Å². The topological polar surface area (TPSA) is 46.1 Å². The second kappa shape index (κ2) is 13.1. The summed E-state index contributed by atoms with van der Waals surface area (Å²) in [6.07, 6.45) is 9.06. The monoisotopic (exact) mass is 467 g/mol. The molecule has 2 aliphatic heterocycles. The van der Waals surface area contributed by atoms with E-state index < -0.39 is 0 Å². The van der Waals surface area contributed by atoms with E-state index >= 15 is 0 Å². The minimum atomic E-state index is 0. The van der Waals surface area contributed by atoms with Crippen molar-refractivity contribution in [2.75, 3.05) is 39.9 Å². The van der Waals surface area contributed by atoms with Crippen molar-refractivity contribution < 1.29 is 9.47 Å². The Morgan fingerprint density at radius 2 is 2.00 bits per heavy atom. The van der Waals surface area contributed by atoms with Crippen LogP contribution in [0.2, 0.25) is 0 Å². The largest absolute Gasteiger partial charge is 0.376 e. The summed E-state index contributed by atoms with van der Waals surface area (Å²) in [7, 11) is 1.89. The van der Waals surface area contributed by atoms with Gasteiger partial charge in [0.2, 0.25) is 0 Å². The van der Waals surface area contributed by atoms with Crippen LogP contribution in [0.5, 0.6) is 0 Å². The Hall–Kier alpha value is -0.0800. The lowest BCUT2D eigenvalue weighted by atomic mass is 10.1. The van der Waals surface area contributed by atoms with Gasteiger partial charge in [0.15, 0.2) is 5.96 Å². The maximum atomic E-state index is 6.05. The molecular weight excluding hydrogens is 429 g/mol. The lowest BCUT2D eigenvalue weighted by Gasteiger charge is -2.34. The highest BCUT2D eigenvalue weighted by Gasteiger charge is 2.24. The number of unbranched alkanes of at least 4 members (excludes halogenated alkanes) is 1. The van der Waals surface area contributed by atoms with Crippen LogP contribution in [0.4, 0.5) is 0 Å². The molecule has 2 rings (SSSR count). The van der Waals surface area contributed by atoms with Crippen LogP contribution < -0.4 is 5.32 Å². The fourth-order valence-corrected chi connectivity index (χ4v) is 3.46. The van der Waals surface area contributed by atoms with E-state index in [1.165, 1.54) is 25.7 Å². The van der Waals surface area contributed by atoms with Crippen LogP contribution in [0.1, 0.15) is 58.8 Å². The van der Waals surface area contributed by atoms with E-state index in [-0.39, 0.29) is 24.0 Å². The Morgan fingerprint density at radius 3 is 2.60 bits per heavy atom. The maximum absolute atomic E-state index is 6.05. The number of aliphatic imine (C=N–C) groups is 1. The lowest BCUT2D eigenvalue weighted by molar-refractivity contribution is -0.0367. The molecule has 0 radical (unpaired) electrons. The molecule has 1 N–H and O–H groups in total. The van der Waals surface area contributed by atoms with Crippen molar-refractivity contribution in [1.29, 1.82) is 0 Å². The summed E-state index contributed by atoms with van der Waals surface area (Å²) in [6.45, 7) is 9.34. The SMILES string of the molecule is CN=C(NCCCCC(C)C)N1CCC(OCC2CCCO2)CC1.I. The maximum Gasteiger partial charge on any atom is 0.193 e. The van der Waals surface area contributed by atoms with E-state index in [4.69, 9.17) is 9.47 Å². The van der Waals surface area contributed by atoms with Crippen molar-refractivity contribution in [3.05, 3.63) is 0 Å². The van der Waals surface area contributed by atoms with Gasteiger partial charge in [0.05, 0.1) is 18.8 Å². The zero-order valence-corrected chi connectivity index (χ0v) is 18.7. The smallest absolute Gasteiger partial charge is 0.193 e. The number of piperidine rings is 1. The molecule has 1 unspecified atom stereocenters. The molecule has 2 heterocycles. The Kier molecular flexibility index (Phi) is 12.1. The molecule has 2 saturated heterocycles. The Morgan fingerprint density at radius 1 is 1.24 bits per heavy atom. The molecule has 0 spiro atoms. The first-order valence-electron chi connectivity index (χ1n) is 9.88. The molecule has 0 aliphatic carbocycles. The van der Waals surface area contributed by atoms with E-state index in [1.807, 2.05) is 7.05 Å². The Bertz CT molecular complexity index is 366. The number of hydrogen-bond acceptors (Lipinski definition) is 3. The summed E-state index contributed by atoms with van der Waals surface area (Å²) in [5.74, 6) is 1.86. The fourth-order valence-electron chi connectivity index (χ4n) is 3.46. The van der Waals surface area contributed by atoms with E-state index in [0.29, 0.717) is 12.2 Å². The van der Waals surface area contributed by atoms with Crippen LogP contribution in [0.15, 0.2) is 4.99 Å². The highest BCUT2D eigenvalue weighted by atomic mass is 127. The number of ether oxygens (including phenoxy) is 2. The van der Waals surface area contributed by atoms with E-state index in [0.717, 1.165) is 64.0 Å². The third kappa shape index (κ3) is 8.91. The summed E-state index contributed by atoms with van der Waals surface area (Å²) in [6, 6.07) is 0. The van der Waals surface area contributed by atoms with Gasteiger partial charge in [-0.05, 0) is 38.0 Å². The molecule has 0 aromatic heterocycles. The van der Waals surface area contributed by atoms with Gasteiger partial charge in [-0.3, -0.25) is 4.99 Å². The first-order chi connectivity index (χ1) is 11.7. The summed E-state index contributed by atoms with van der Waals surface area (Å²) < 4.78 is 11.7. The van der Waals surface area contributed by atoms with Crippen LogP contribution in [0.3, 0.4) is 0 Å². The summed E-state index contributed by atoms with van der Waals surface area (Å²) in [4.78, 5) is 6.82. The van der Waals surface area contributed by atoms with E-state index in [2.05, 4.69) is 29.1 Å². The van der Waals surface area contributed by atoms with Crippen molar-refractivity contribution >= 4 is 29.9 Å². The predicted octanol–water partition coefficient (Wildman–Crippen LogP) is 3.67. The molecule has 6 heteroatoms. The van der Waals surface area contributed by atoms with Crippen molar-refractivity contribution in [2.45, 2.75) is 71.0 Å². The molecule has 2 aliphatic rings. The minimum Gasteiger partial charge on any atom is -0.376 e. The van der Waals surface area contributed by atoms with Gasteiger partial charge in [-0.15, -0.1) is 24.0 Å². The average Bonchev–Trinajstić information content (AvgIpc) is 3.10. The molecule has 25 heavy (non-hydrogen) atoms. The molecule has 0 aromatic rings. The molecule has 2 fully saturated rings. The van der Waals surface area contributed by atoms with Crippen LogP contribution in [-0.4, -0.2) is 63.0 Å². The molecule has 0 amide bonds. The van der Waals surface area contributed by atoms with Gasteiger partial charge >= 0.3 is 0 Å². The molecule has 5 nitrogen and oxygen atoms in total. The second-order valence-electron chi connectivity index (χ2n) is 7.52. The minimum absolute atomic E-state index is 0. The predicted molar refractivity (Wildman–Crippen MR) is 115 cm³/mol. The fraction of sp³-hybridized carbons (Fsp3) is 0.947. The third-order valence-corrected chi connectivity index (χ3v) is 4.99. The second-order valence-corrected chi connectivity index (χ2v) is 7.52. The van der Waals surface area contributed by atoms with Crippen molar-refractivity contribution in [1.82, 2.24) is 10.2 Å². The van der Waals surface area contributed by atoms with Crippen molar-refractivity contribution in [2.24, 2.45) is 10.9 Å². The van der Waals surface area contributed by atoms with Gasteiger partial charge < -0.3 is 19.7 Å². The zero-order valence-electron chi connectivity index (χ0n) is 16.3. The lowest BCUT2D eigenvalue weighted by Crippen LogP contribution is -2.47. The third-order valence-electron chi connectivity index (χ3n) is 4.99. The standard InChI is InChI=1S/C19H37N3O2.HI/c1-16(2)7-4-5-11-21-19(20-3)22-12-9-17(10-13-22)24-15-18-8-6-14-23-18;/h16-18H,4-15H2,1-3H3,(H,20,21);1H. The van der Waals surface area contributed by atoms with Gasteiger partial charge in [-0.25, -0.2) is 0 Å². The average molecular weight is 467 g/mol. The van der Waals surface area contributed by atoms with Gasteiger partial charge in [0.25, 0.3) is 0 Å². The van der Waals surface area contributed by atoms with Gasteiger partial charge in [0, 0.05) is 33.3 Å². The molecule has 0 aromatic carbocycles. The number of hydrogen-bond donors (Lipinski definition) is 1. The number of nitrogens with zero attached hydrogens (tertiary/aromatic N) is 2. The highest BCUT2D eigenvalue weighted by molar-refractivity contribution is 14.0. The number of rotatable bonds is 8. The number of likely N-dealkylation sites (tertiary alicyclic amines) is 1. The Labute approximate surface area is 171 Å². The highest BCUT2D eigenvalue weighted by Crippen LogP contribution is 2.17. The molecular formula is C19H38IN3O2. The van der Waals surface area contributed by atoms with E-state index in [1.54, 1.807) is 0 Å². The summed E-state index contributed by atoms with van der Waals surface area (Å²) in [5.41, 5.74) is 0. The van der Waals surface area contributed by atoms with Crippen molar-refractivity contribution in [3.8, 4) is 0 Å². The van der Waals surface area contributed by atoms with Crippen molar-refractivity contribution in [3.63, 3.8) is 0 Å². The van der Waals surface area contributed by atoms with Gasteiger partial charge in [-0.2, -0.15) is 0 Å². The number of halogens is 1. The summed E-state index contributed by atoms with van der Waals surface area (Å²) in [5, 5.41) is 3.52. The first kappa shape index (κ1) is 23.0. The first-order valence-corrected chi connectivity index (χ1v) is 9.88. The van der Waals surface area contributed by atoms with Gasteiger partial charge in [-0.1, -0.05) is 26.7 Å². The number of nitrogens with one attached hydrogen (secondary N) is 1. The molecule has 1 atom stereocenters. The quantitative estimate of drug-likeness (QED) is 0.256. The molecule has 148 valence electrons.